The number of hydrogen-bond donors (Lipinski definition) is 2. The minimum atomic E-state index is 0.513. The molecule has 2 N–H and O–H groups in total. The molecule has 0 aliphatic carbocycles. The van der Waals surface area contributed by atoms with Crippen molar-refractivity contribution in [3.8, 4) is 0 Å². The number of hydrogen-bond acceptors (Lipinski definition) is 5. The first-order chi connectivity index (χ1) is 9.70. The molecular weight excluding hydrogens is 274 g/mol. The first kappa shape index (κ1) is 14.5. The van der Waals surface area contributed by atoms with E-state index in [4.69, 9.17) is 11.6 Å². The molecular formula is C14H18ClN5. The fraction of sp³-hybridized carbons (Fsp3) is 0.357. The standard InChI is InChI=1S/C14H18ClN5/c1-3-5-17-14-19-9-12(15)13(20-14)18-8-11-4-6-16-7-10(11)2/h4,6-7,9H,3,5,8H2,1-2H3,(H2,17,18,19,20). The van der Waals surface area contributed by atoms with E-state index in [0.29, 0.717) is 23.3 Å². The third-order valence-electron chi connectivity index (χ3n) is 2.86. The van der Waals surface area contributed by atoms with Crippen LogP contribution in [-0.2, 0) is 6.54 Å². The molecule has 0 amide bonds. The van der Waals surface area contributed by atoms with Crippen LogP contribution in [0.25, 0.3) is 0 Å². The molecule has 106 valence electrons. The molecule has 2 aromatic heterocycles. The smallest absolute Gasteiger partial charge is 0.224 e. The molecule has 20 heavy (non-hydrogen) atoms. The number of pyridine rings is 1. The molecule has 0 aromatic carbocycles. The third-order valence-corrected chi connectivity index (χ3v) is 3.14. The van der Waals surface area contributed by atoms with E-state index < -0.39 is 0 Å². The van der Waals surface area contributed by atoms with Gasteiger partial charge in [-0.2, -0.15) is 4.98 Å². The van der Waals surface area contributed by atoms with Crippen molar-refractivity contribution >= 4 is 23.4 Å². The van der Waals surface area contributed by atoms with Gasteiger partial charge in [0.2, 0.25) is 5.95 Å². The van der Waals surface area contributed by atoms with Gasteiger partial charge in [0.15, 0.2) is 5.82 Å². The van der Waals surface area contributed by atoms with E-state index in [1.807, 2.05) is 19.2 Å². The highest BCUT2D eigenvalue weighted by Crippen LogP contribution is 2.20. The van der Waals surface area contributed by atoms with Crippen LogP contribution in [0.1, 0.15) is 24.5 Å². The average molecular weight is 292 g/mol. The summed E-state index contributed by atoms with van der Waals surface area (Å²) in [6.45, 7) is 5.61. The third kappa shape index (κ3) is 3.81. The predicted molar refractivity (Wildman–Crippen MR) is 82.1 cm³/mol. The van der Waals surface area contributed by atoms with Gasteiger partial charge >= 0.3 is 0 Å². The van der Waals surface area contributed by atoms with Gasteiger partial charge in [0.1, 0.15) is 5.02 Å². The topological polar surface area (TPSA) is 62.7 Å². The van der Waals surface area contributed by atoms with Crippen LogP contribution in [0.4, 0.5) is 11.8 Å². The number of aryl methyl sites for hydroxylation is 1. The van der Waals surface area contributed by atoms with E-state index in [1.54, 1.807) is 12.4 Å². The monoisotopic (exact) mass is 291 g/mol. The lowest BCUT2D eigenvalue weighted by atomic mass is 10.1. The number of nitrogens with zero attached hydrogens (tertiary/aromatic N) is 3. The van der Waals surface area contributed by atoms with Crippen LogP contribution in [0.2, 0.25) is 5.02 Å². The number of aromatic nitrogens is 3. The molecule has 0 bridgehead atoms. The maximum absolute atomic E-state index is 6.11. The molecule has 2 aromatic rings. The molecule has 6 heteroatoms. The highest BCUT2D eigenvalue weighted by molar-refractivity contribution is 6.32. The molecule has 0 fully saturated rings. The summed E-state index contributed by atoms with van der Waals surface area (Å²) in [6, 6.07) is 1.98. The van der Waals surface area contributed by atoms with Gasteiger partial charge in [-0.05, 0) is 30.5 Å². The summed E-state index contributed by atoms with van der Waals surface area (Å²) in [7, 11) is 0. The fourth-order valence-electron chi connectivity index (χ4n) is 1.69. The number of anilines is 2. The number of rotatable bonds is 6. The van der Waals surface area contributed by atoms with Gasteiger partial charge in [-0.25, -0.2) is 4.98 Å². The van der Waals surface area contributed by atoms with Crippen molar-refractivity contribution in [2.45, 2.75) is 26.8 Å². The second kappa shape index (κ2) is 7.05. The largest absolute Gasteiger partial charge is 0.365 e. The molecule has 5 nitrogen and oxygen atoms in total. The van der Waals surface area contributed by atoms with Crippen LogP contribution in [0.15, 0.2) is 24.7 Å². The highest BCUT2D eigenvalue weighted by Gasteiger charge is 2.06. The van der Waals surface area contributed by atoms with E-state index >= 15 is 0 Å². The van der Waals surface area contributed by atoms with Gasteiger partial charge in [0, 0.05) is 25.5 Å². The Hall–Kier alpha value is -1.88. The maximum Gasteiger partial charge on any atom is 0.224 e. The first-order valence-corrected chi connectivity index (χ1v) is 6.98. The second-order valence-corrected chi connectivity index (χ2v) is 4.88. The molecule has 0 aliphatic heterocycles. The summed E-state index contributed by atoms with van der Waals surface area (Å²) < 4.78 is 0. The lowest BCUT2D eigenvalue weighted by molar-refractivity contribution is 0.949. The Morgan fingerprint density at radius 2 is 2.10 bits per heavy atom. The zero-order valence-corrected chi connectivity index (χ0v) is 12.4. The Kier molecular flexibility index (Phi) is 5.12. The summed E-state index contributed by atoms with van der Waals surface area (Å²) in [4.78, 5) is 12.6. The zero-order valence-electron chi connectivity index (χ0n) is 11.7. The average Bonchev–Trinajstić information content (AvgIpc) is 2.46. The van der Waals surface area contributed by atoms with E-state index in [-0.39, 0.29) is 0 Å². The fourth-order valence-corrected chi connectivity index (χ4v) is 1.85. The summed E-state index contributed by atoms with van der Waals surface area (Å²) >= 11 is 6.11. The molecule has 2 rings (SSSR count). The van der Waals surface area contributed by atoms with Crippen molar-refractivity contribution in [1.82, 2.24) is 15.0 Å². The molecule has 0 saturated carbocycles. The SMILES string of the molecule is CCCNc1ncc(Cl)c(NCc2ccncc2C)n1. The summed E-state index contributed by atoms with van der Waals surface area (Å²) in [5.41, 5.74) is 2.30. The van der Waals surface area contributed by atoms with Crippen LogP contribution >= 0.6 is 11.6 Å². The minimum absolute atomic E-state index is 0.513. The zero-order chi connectivity index (χ0) is 14.4. The van der Waals surface area contributed by atoms with Crippen molar-refractivity contribution in [2.24, 2.45) is 0 Å². The number of halogens is 1. The summed E-state index contributed by atoms with van der Waals surface area (Å²) in [5, 5.41) is 6.89. The quantitative estimate of drug-likeness (QED) is 0.855. The summed E-state index contributed by atoms with van der Waals surface area (Å²) in [6.07, 6.45) is 6.24. The van der Waals surface area contributed by atoms with Crippen molar-refractivity contribution in [3.63, 3.8) is 0 Å². The molecule has 2 heterocycles. The van der Waals surface area contributed by atoms with E-state index in [9.17, 15) is 0 Å². The number of nitrogens with one attached hydrogen (secondary N) is 2. The molecule has 0 saturated heterocycles. The Labute approximate surface area is 123 Å². The van der Waals surface area contributed by atoms with Crippen LogP contribution < -0.4 is 10.6 Å². The lowest BCUT2D eigenvalue weighted by Crippen LogP contribution is -2.08. The van der Waals surface area contributed by atoms with E-state index in [1.165, 1.54) is 0 Å². The first-order valence-electron chi connectivity index (χ1n) is 6.60. The van der Waals surface area contributed by atoms with Crippen LogP contribution in [0.3, 0.4) is 0 Å². The Balaban J connectivity index is 2.07. The molecule has 0 atom stereocenters. The summed E-state index contributed by atoms with van der Waals surface area (Å²) in [5.74, 6) is 1.22. The molecule has 0 spiro atoms. The molecule has 0 radical (unpaired) electrons. The highest BCUT2D eigenvalue weighted by atomic mass is 35.5. The lowest BCUT2D eigenvalue weighted by Gasteiger charge is -2.10. The van der Waals surface area contributed by atoms with Gasteiger partial charge in [0.25, 0.3) is 0 Å². The maximum atomic E-state index is 6.11. The van der Waals surface area contributed by atoms with Gasteiger partial charge in [-0.1, -0.05) is 18.5 Å². The van der Waals surface area contributed by atoms with Gasteiger partial charge in [-0.15, -0.1) is 0 Å². The van der Waals surface area contributed by atoms with Crippen molar-refractivity contribution in [1.29, 1.82) is 0 Å². The Bertz CT molecular complexity index is 573. The minimum Gasteiger partial charge on any atom is -0.365 e. The molecule has 0 aliphatic rings. The van der Waals surface area contributed by atoms with Crippen molar-refractivity contribution in [3.05, 3.63) is 40.8 Å². The Morgan fingerprint density at radius 3 is 2.85 bits per heavy atom. The normalized spacial score (nSPS) is 10.3. The van der Waals surface area contributed by atoms with Crippen LogP contribution in [-0.4, -0.2) is 21.5 Å². The van der Waals surface area contributed by atoms with Gasteiger partial charge in [-0.3, -0.25) is 4.98 Å². The predicted octanol–water partition coefficient (Wildman–Crippen LogP) is 3.27. The van der Waals surface area contributed by atoms with E-state index in [0.717, 1.165) is 24.1 Å². The van der Waals surface area contributed by atoms with Crippen LogP contribution in [0, 0.1) is 6.92 Å². The van der Waals surface area contributed by atoms with Crippen LogP contribution in [0.5, 0.6) is 0 Å². The van der Waals surface area contributed by atoms with Gasteiger partial charge in [0.05, 0.1) is 6.20 Å². The van der Waals surface area contributed by atoms with Gasteiger partial charge < -0.3 is 10.6 Å². The van der Waals surface area contributed by atoms with Crippen molar-refractivity contribution < 1.29 is 0 Å². The molecule has 0 unspecified atom stereocenters. The van der Waals surface area contributed by atoms with E-state index in [2.05, 4.69) is 32.5 Å². The second-order valence-electron chi connectivity index (χ2n) is 4.47. The van der Waals surface area contributed by atoms with Crippen molar-refractivity contribution in [2.75, 3.05) is 17.2 Å². The Morgan fingerprint density at radius 1 is 1.25 bits per heavy atom.